The molecule has 0 atom stereocenters. The van der Waals surface area contributed by atoms with Crippen molar-refractivity contribution < 1.29 is 9.47 Å². The summed E-state index contributed by atoms with van der Waals surface area (Å²) in [6.45, 7) is 6.40. The smallest absolute Gasteiger partial charge is 0.121 e. The first-order valence-electron chi connectivity index (χ1n) is 7.03. The van der Waals surface area contributed by atoms with Gasteiger partial charge in [0.15, 0.2) is 0 Å². The van der Waals surface area contributed by atoms with Crippen molar-refractivity contribution in [2.45, 2.75) is 19.8 Å². The summed E-state index contributed by atoms with van der Waals surface area (Å²) >= 11 is 0. The van der Waals surface area contributed by atoms with E-state index in [1.165, 1.54) is 0 Å². The van der Waals surface area contributed by atoms with E-state index in [0.29, 0.717) is 0 Å². The van der Waals surface area contributed by atoms with Crippen molar-refractivity contribution in [2.75, 3.05) is 45.3 Å². The Kier molecular flexibility index (Phi) is 8.85. The van der Waals surface area contributed by atoms with Crippen LogP contribution in [-0.2, 0) is 4.74 Å². The van der Waals surface area contributed by atoms with Crippen molar-refractivity contribution in [1.29, 1.82) is 0 Å². The van der Waals surface area contributed by atoms with Crippen molar-refractivity contribution in [3.63, 3.8) is 0 Å². The van der Waals surface area contributed by atoms with Gasteiger partial charge >= 0.3 is 0 Å². The van der Waals surface area contributed by atoms with Crippen LogP contribution in [0.5, 0.6) is 5.75 Å². The van der Waals surface area contributed by atoms with Crippen LogP contribution in [-0.4, -0.2) is 40.0 Å². The molecule has 19 heavy (non-hydrogen) atoms. The van der Waals surface area contributed by atoms with Crippen LogP contribution in [0.1, 0.15) is 19.8 Å². The molecule has 0 amide bonds. The second kappa shape index (κ2) is 10.6. The van der Waals surface area contributed by atoms with Gasteiger partial charge < -0.3 is 20.1 Å². The molecule has 0 heterocycles. The first-order valence-corrected chi connectivity index (χ1v) is 7.03. The Morgan fingerprint density at radius 1 is 1.11 bits per heavy atom. The Morgan fingerprint density at radius 3 is 2.79 bits per heavy atom. The Balaban J connectivity index is 2.20. The maximum absolute atomic E-state index is 5.67. The van der Waals surface area contributed by atoms with Crippen LogP contribution in [0.2, 0.25) is 0 Å². The SMILES string of the molecule is CCCCOc1cccc(NCCNCCOC)c1. The molecular weight excluding hydrogens is 240 g/mol. The number of rotatable bonds is 11. The van der Waals surface area contributed by atoms with Gasteiger partial charge in [-0.2, -0.15) is 0 Å². The molecule has 0 aromatic heterocycles. The zero-order valence-corrected chi connectivity index (χ0v) is 12.1. The molecule has 1 aromatic carbocycles. The van der Waals surface area contributed by atoms with Gasteiger partial charge in [0.05, 0.1) is 13.2 Å². The molecule has 0 spiro atoms. The lowest BCUT2D eigenvalue weighted by Crippen LogP contribution is -2.25. The normalized spacial score (nSPS) is 10.4. The molecule has 0 saturated heterocycles. The molecule has 1 aromatic rings. The van der Waals surface area contributed by atoms with E-state index in [-0.39, 0.29) is 0 Å². The zero-order chi connectivity index (χ0) is 13.8. The lowest BCUT2D eigenvalue weighted by Gasteiger charge is -2.10. The minimum atomic E-state index is 0.751. The molecule has 4 nitrogen and oxygen atoms in total. The average Bonchev–Trinajstić information content (AvgIpc) is 2.43. The van der Waals surface area contributed by atoms with E-state index in [1.807, 2.05) is 18.2 Å². The highest BCUT2D eigenvalue weighted by Crippen LogP contribution is 2.17. The van der Waals surface area contributed by atoms with E-state index in [1.54, 1.807) is 7.11 Å². The predicted octanol–water partition coefficient (Wildman–Crippen LogP) is 2.51. The maximum atomic E-state index is 5.67. The van der Waals surface area contributed by atoms with Crippen LogP contribution in [0, 0.1) is 0 Å². The maximum Gasteiger partial charge on any atom is 0.121 e. The van der Waals surface area contributed by atoms with Gasteiger partial charge in [0.2, 0.25) is 0 Å². The van der Waals surface area contributed by atoms with E-state index in [9.17, 15) is 0 Å². The van der Waals surface area contributed by atoms with Crippen molar-refractivity contribution in [3.05, 3.63) is 24.3 Å². The minimum Gasteiger partial charge on any atom is -0.494 e. The number of methoxy groups -OCH3 is 1. The molecule has 0 aliphatic heterocycles. The van der Waals surface area contributed by atoms with Gasteiger partial charge in [-0.15, -0.1) is 0 Å². The van der Waals surface area contributed by atoms with Crippen LogP contribution in [0.25, 0.3) is 0 Å². The third kappa shape index (κ3) is 7.70. The van der Waals surface area contributed by atoms with Crippen molar-refractivity contribution >= 4 is 5.69 Å². The summed E-state index contributed by atoms with van der Waals surface area (Å²) < 4.78 is 10.6. The lowest BCUT2D eigenvalue weighted by atomic mass is 10.3. The number of ether oxygens (including phenoxy) is 2. The first-order chi connectivity index (χ1) is 9.36. The molecule has 4 heteroatoms. The number of anilines is 1. The van der Waals surface area contributed by atoms with Crippen molar-refractivity contribution in [3.8, 4) is 5.75 Å². The average molecular weight is 266 g/mol. The van der Waals surface area contributed by atoms with E-state index in [4.69, 9.17) is 9.47 Å². The fraction of sp³-hybridized carbons (Fsp3) is 0.600. The van der Waals surface area contributed by atoms with Crippen LogP contribution in [0.3, 0.4) is 0 Å². The van der Waals surface area contributed by atoms with E-state index < -0.39 is 0 Å². The fourth-order valence-electron chi connectivity index (χ4n) is 1.62. The molecule has 0 unspecified atom stereocenters. The highest BCUT2D eigenvalue weighted by molar-refractivity contribution is 5.48. The molecule has 0 radical (unpaired) electrons. The zero-order valence-electron chi connectivity index (χ0n) is 12.1. The Labute approximate surface area is 116 Å². The van der Waals surface area contributed by atoms with Gasteiger partial charge in [-0.25, -0.2) is 0 Å². The number of unbranched alkanes of at least 4 members (excludes halogenated alkanes) is 1. The van der Waals surface area contributed by atoms with E-state index in [0.717, 1.165) is 57.1 Å². The minimum absolute atomic E-state index is 0.751. The Bertz CT molecular complexity index is 332. The molecule has 1 rings (SSSR count). The van der Waals surface area contributed by atoms with Gasteiger partial charge in [-0.3, -0.25) is 0 Å². The molecule has 0 aliphatic rings. The summed E-state index contributed by atoms with van der Waals surface area (Å²) in [7, 11) is 1.71. The van der Waals surface area contributed by atoms with Gasteiger partial charge in [0.1, 0.15) is 5.75 Å². The Morgan fingerprint density at radius 2 is 2.00 bits per heavy atom. The van der Waals surface area contributed by atoms with E-state index in [2.05, 4.69) is 23.6 Å². The quantitative estimate of drug-likeness (QED) is 0.604. The van der Waals surface area contributed by atoms with Crippen LogP contribution < -0.4 is 15.4 Å². The molecule has 0 bridgehead atoms. The van der Waals surface area contributed by atoms with Gasteiger partial charge in [0.25, 0.3) is 0 Å². The third-order valence-corrected chi connectivity index (χ3v) is 2.71. The summed E-state index contributed by atoms with van der Waals surface area (Å²) in [5, 5.41) is 6.66. The van der Waals surface area contributed by atoms with Crippen molar-refractivity contribution in [2.24, 2.45) is 0 Å². The molecule has 2 N–H and O–H groups in total. The first kappa shape index (κ1) is 15.8. The van der Waals surface area contributed by atoms with Gasteiger partial charge in [-0.05, 0) is 18.6 Å². The summed E-state index contributed by atoms with van der Waals surface area (Å²) in [5.41, 5.74) is 1.10. The van der Waals surface area contributed by atoms with Gasteiger partial charge in [0, 0.05) is 38.5 Å². The Hall–Kier alpha value is -1.26. The number of benzene rings is 1. The predicted molar refractivity (Wildman–Crippen MR) is 80.1 cm³/mol. The number of nitrogens with one attached hydrogen (secondary N) is 2. The standard InChI is InChI=1S/C15H26N2O2/c1-3-4-11-19-15-7-5-6-14(13-15)17-9-8-16-10-12-18-2/h5-7,13,16-17H,3-4,8-12H2,1-2H3. The van der Waals surface area contributed by atoms with Gasteiger partial charge in [-0.1, -0.05) is 19.4 Å². The monoisotopic (exact) mass is 266 g/mol. The molecule has 0 aliphatic carbocycles. The highest BCUT2D eigenvalue weighted by atomic mass is 16.5. The topological polar surface area (TPSA) is 42.5 Å². The number of hydrogen-bond donors (Lipinski definition) is 2. The third-order valence-electron chi connectivity index (χ3n) is 2.71. The molecule has 108 valence electrons. The van der Waals surface area contributed by atoms with Crippen molar-refractivity contribution in [1.82, 2.24) is 5.32 Å². The summed E-state index contributed by atoms with van der Waals surface area (Å²) in [6, 6.07) is 8.12. The second-order valence-electron chi connectivity index (χ2n) is 4.40. The summed E-state index contributed by atoms with van der Waals surface area (Å²) in [4.78, 5) is 0. The fourth-order valence-corrected chi connectivity index (χ4v) is 1.62. The highest BCUT2D eigenvalue weighted by Gasteiger charge is 1.96. The van der Waals surface area contributed by atoms with Crippen LogP contribution >= 0.6 is 0 Å². The lowest BCUT2D eigenvalue weighted by molar-refractivity contribution is 0.200. The summed E-state index contributed by atoms with van der Waals surface area (Å²) in [5.74, 6) is 0.936. The summed E-state index contributed by atoms with van der Waals surface area (Å²) in [6.07, 6.45) is 2.26. The van der Waals surface area contributed by atoms with Crippen LogP contribution in [0.15, 0.2) is 24.3 Å². The largest absolute Gasteiger partial charge is 0.494 e. The molecular formula is C15H26N2O2. The molecule has 0 fully saturated rings. The number of hydrogen-bond acceptors (Lipinski definition) is 4. The van der Waals surface area contributed by atoms with Crippen LogP contribution in [0.4, 0.5) is 5.69 Å². The molecule has 0 saturated carbocycles. The van der Waals surface area contributed by atoms with E-state index >= 15 is 0 Å². The second-order valence-corrected chi connectivity index (χ2v) is 4.40.